The minimum atomic E-state index is -1.89. The molecule has 9 heteroatoms. The molecule has 0 radical (unpaired) electrons. The maximum atomic E-state index is 13.0. The summed E-state index contributed by atoms with van der Waals surface area (Å²) in [5, 5.41) is 27.4. The molecule has 1 aliphatic rings. The first-order valence-corrected chi connectivity index (χ1v) is 12.8. The summed E-state index contributed by atoms with van der Waals surface area (Å²) in [7, 11) is 0. The molecule has 2 amide bonds. The van der Waals surface area contributed by atoms with Crippen LogP contribution in [-0.4, -0.2) is 49.9 Å². The number of H-pyrrole nitrogens is 1. The van der Waals surface area contributed by atoms with E-state index in [1.54, 1.807) is 60.4 Å². The van der Waals surface area contributed by atoms with Crippen LogP contribution in [0.15, 0.2) is 89.7 Å². The first-order chi connectivity index (χ1) is 18.8. The Labute approximate surface area is 225 Å². The second-order valence-electron chi connectivity index (χ2n) is 9.69. The molecule has 39 heavy (non-hydrogen) atoms. The van der Waals surface area contributed by atoms with Crippen molar-refractivity contribution in [2.24, 2.45) is 5.92 Å². The van der Waals surface area contributed by atoms with Gasteiger partial charge in [-0.2, -0.15) is 0 Å². The number of anilines is 1. The summed E-state index contributed by atoms with van der Waals surface area (Å²) < 4.78 is 1.38. The molecule has 2 heterocycles. The second kappa shape index (κ2) is 10.7. The number of hydrogen-bond acceptors (Lipinski definition) is 5. The van der Waals surface area contributed by atoms with Gasteiger partial charge in [0.05, 0.1) is 23.2 Å². The van der Waals surface area contributed by atoms with Crippen LogP contribution >= 0.6 is 0 Å². The lowest BCUT2D eigenvalue weighted by atomic mass is 9.82. The minimum Gasteiger partial charge on any atom is -0.395 e. The summed E-state index contributed by atoms with van der Waals surface area (Å²) in [4.78, 5) is 40.4. The van der Waals surface area contributed by atoms with E-state index in [4.69, 9.17) is 0 Å². The molecule has 0 saturated heterocycles. The van der Waals surface area contributed by atoms with Crippen LogP contribution in [0.2, 0.25) is 0 Å². The van der Waals surface area contributed by atoms with Crippen molar-refractivity contribution in [3.8, 4) is 5.69 Å². The number of aliphatic hydroxyl groups is 2. The predicted molar refractivity (Wildman–Crippen MR) is 148 cm³/mol. The molecule has 0 fully saturated rings. The fraction of sp³-hybridized carbons (Fsp3) is 0.233. The fourth-order valence-corrected chi connectivity index (χ4v) is 4.99. The van der Waals surface area contributed by atoms with Gasteiger partial charge in [-0.15, -0.1) is 0 Å². The average Bonchev–Trinajstić information content (AvgIpc) is 3.42. The highest BCUT2D eigenvalue weighted by molar-refractivity contribution is 6.05. The van der Waals surface area contributed by atoms with Crippen LogP contribution in [0.1, 0.15) is 24.5 Å². The number of aromatic nitrogens is 2. The highest BCUT2D eigenvalue weighted by Gasteiger charge is 2.48. The summed E-state index contributed by atoms with van der Waals surface area (Å²) in [5.41, 5.74) is 0.798. The third-order valence-corrected chi connectivity index (χ3v) is 7.17. The number of amides is 2. The molecule has 2 atom stereocenters. The van der Waals surface area contributed by atoms with Gasteiger partial charge in [-0.25, -0.2) is 4.68 Å². The van der Waals surface area contributed by atoms with Gasteiger partial charge in [-0.1, -0.05) is 61.5 Å². The summed E-state index contributed by atoms with van der Waals surface area (Å²) in [6, 6.07) is 21.7. The number of aliphatic hydroxyl groups excluding tert-OH is 1. The van der Waals surface area contributed by atoms with E-state index in [0.29, 0.717) is 34.4 Å². The Balaban J connectivity index is 1.36. The van der Waals surface area contributed by atoms with Crippen molar-refractivity contribution >= 4 is 28.4 Å². The number of carbonyl (C=O) groups is 2. The van der Waals surface area contributed by atoms with E-state index in [-0.39, 0.29) is 31.0 Å². The van der Waals surface area contributed by atoms with E-state index in [2.05, 4.69) is 10.4 Å². The Bertz CT molecular complexity index is 1610. The summed E-state index contributed by atoms with van der Waals surface area (Å²) >= 11 is 0. The highest BCUT2D eigenvalue weighted by atomic mass is 16.3. The zero-order chi connectivity index (χ0) is 27.6. The maximum Gasteiger partial charge on any atom is 0.279 e. The van der Waals surface area contributed by atoms with Crippen molar-refractivity contribution in [3.63, 3.8) is 0 Å². The quantitative estimate of drug-likeness (QED) is 0.249. The van der Waals surface area contributed by atoms with Gasteiger partial charge in [0.25, 0.3) is 11.5 Å². The molecule has 9 nitrogen and oxygen atoms in total. The van der Waals surface area contributed by atoms with Crippen LogP contribution < -0.4 is 10.9 Å². The third-order valence-electron chi connectivity index (χ3n) is 7.17. The number of para-hydroxylation sites is 1. The lowest BCUT2D eigenvalue weighted by Gasteiger charge is -2.26. The van der Waals surface area contributed by atoms with E-state index in [1.165, 1.54) is 4.68 Å². The molecule has 0 bridgehead atoms. The maximum absolute atomic E-state index is 13.0. The lowest BCUT2D eigenvalue weighted by molar-refractivity contribution is -0.137. The molecule has 0 saturated carbocycles. The molecule has 0 spiro atoms. The van der Waals surface area contributed by atoms with E-state index in [9.17, 15) is 24.6 Å². The number of benzene rings is 3. The molecule has 5 rings (SSSR count). The molecule has 0 unspecified atom stereocenters. The SMILES string of the molecule is C[C@H](/C=C/CC(=O)N(CCO)Cc1ccccc1)[C@@]1(O)C(=O)Nc2ccc(-n3[nH]c4ccccc4c3=O)cc21. The number of nitrogens with one attached hydrogen (secondary N) is 2. The van der Waals surface area contributed by atoms with Crippen molar-refractivity contribution in [3.05, 3.63) is 106 Å². The van der Waals surface area contributed by atoms with Crippen molar-refractivity contribution in [2.75, 3.05) is 18.5 Å². The van der Waals surface area contributed by atoms with E-state index < -0.39 is 17.4 Å². The molecule has 4 aromatic rings. The number of hydrogen-bond donors (Lipinski definition) is 4. The number of fused-ring (bicyclic) bond motifs is 2. The average molecular weight is 527 g/mol. The zero-order valence-corrected chi connectivity index (χ0v) is 21.5. The molecule has 0 aliphatic carbocycles. The Morgan fingerprint density at radius 3 is 2.56 bits per heavy atom. The predicted octanol–water partition coefficient (Wildman–Crippen LogP) is 3.06. The Hall–Kier alpha value is -4.47. The van der Waals surface area contributed by atoms with E-state index in [1.807, 2.05) is 36.4 Å². The van der Waals surface area contributed by atoms with Crippen LogP contribution in [0, 0.1) is 5.92 Å². The summed E-state index contributed by atoms with van der Waals surface area (Å²) in [6.45, 7) is 2.12. The van der Waals surface area contributed by atoms with Gasteiger partial charge in [-0.3, -0.25) is 19.5 Å². The van der Waals surface area contributed by atoms with Crippen molar-refractivity contribution in [1.29, 1.82) is 0 Å². The zero-order valence-electron chi connectivity index (χ0n) is 21.5. The van der Waals surface area contributed by atoms with Gasteiger partial charge in [0.1, 0.15) is 0 Å². The second-order valence-corrected chi connectivity index (χ2v) is 9.69. The minimum absolute atomic E-state index is 0.0478. The molecule has 200 valence electrons. The first-order valence-electron chi connectivity index (χ1n) is 12.8. The number of rotatable bonds is 9. The fourth-order valence-electron chi connectivity index (χ4n) is 4.99. The van der Waals surface area contributed by atoms with Crippen LogP contribution in [-0.2, 0) is 21.7 Å². The Kier molecular flexibility index (Phi) is 7.19. The highest BCUT2D eigenvalue weighted by Crippen LogP contribution is 2.42. The van der Waals surface area contributed by atoms with Gasteiger partial charge in [-0.05, 0) is 35.9 Å². The van der Waals surface area contributed by atoms with Crippen molar-refractivity contribution in [1.82, 2.24) is 14.7 Å². The van der Waals surface area contributed by atoms with Gasteiger partial charge in [0.15, 0.2) is 5.60 Å². The van der Waals surface area contributed by atoms with Crippen LogP contribution in [0.25, 0.3) is 16.6 Å². The largest absolute Gasteiger partial charge is 0.395 e. The summed E-state index contributed by atoms with van der Waals surface area (Å²) in [6.07, 6.45) is 3.33. The van der Waals surface area contributed by atoms with Gasteiger partial charge >= 0.3 is 0 Å². The Morgan fingerprint density at radius 1 is 1.08 bits per heavy atom. The van der Waals surface area contributed by atoms with Crippen molar-refractivity contribution in [2.45, 2.75) is 25.5 Å². The van der Waals surface area contributed by atoms with Gasteiger partial charge < -0.3 is 20.4 Å². The van der Waals surface area contributed by atoms with Crippen LogP contribution in [0.5, 0.6) is 0 Å². The number of aromatic amines is 1. The summed E-state index contributed by atoms with van der Waals surface area (Å²) in [5.74, 6) is -1.44. The smallest absolute Gasteiger partial charge is 0.279 e. The standard InChI is InChI=1S/C30H30N4O5/c1-20(8-7-13-27(36)33(16-17-35)19-21-9-3-2-4-10-21)30(39)24-18-22(14-15-26(24)31-29(30)38)34-28(37)23-11-5-6-12-25(23)32-34/h2-12,14-15,18,20,32,35,39H,13,16-17,19H2,1H3,(H,31,38)/b8-7+/t20-,30+/m1/s1. The van der Waals surface area contributed by atoms with Gasteiger partial charge in [0, 0.05) is 36.7 Å². The van der Waals surface area contributed by atoms with Crippen LogP contribution in [0.3, 0.4) is 0 Å². The van der Waals surface area contributed by atoms with Crippen molar-refractivity contribution < 1.29 is 19.8 Å². The molecule has 4 N–H and O–H groups in total. The Morgan fingerprint density at radius 2 is 1.82 bits per heavy atom. The number of nitrogens with zero attached hydrogens (tertiary/aromatic N) is 2. The van der Waals surface area contributed by atoms with Crippen LogP contribution in [0.4, 0.5) is 5.69 Å². The number of carbonyl (C=O) groups excluding carboxylic acids is 2. The van der Waals surface area contributed by atoms with E-state index in [0.717, 1.165) is 5.56 Å². The molecular formula is C30H30N4O5. The molecular weight excluding hydrogens is 496 g/mol. The topological polar surface area (TPSA) is 128 Å². The lowest BCUT2D eigenvalue weighted by Crippen LogP contribution is -2.40. The normalized spacial score (nSPS) is 17.4. The third kappa shape index (κ3) is 4.89. The van der Waals surface area contributed by atoms with E-state index >= 15 is 0 Å². The molecule has 3 aromatic carbocycles. The molecule has 1 aromatic heterocycles. The van der Waals surface area contributed by atoms with Gasteiger partial charge in [0.2, 0.25) is 5.91 Å². The monoisotopic (exact) mass is 526 g/mol. The molecule has 1 aliphatic heterocycles. The first kappa shape index (κ1) is 26.1.